The molecule has 2 rings (SSSR count). The third-order valence-electron chi connectivity index (χ3n) is 3.29. The number of benzene rings is 1. The molecule has 19 heavy (non-hydrogen) atoms. The zero-order valence-corrected chi connectivity index (χ0v) is 10.7. The Labute approximate surface area is 109 Å². The van der Waals surface area contributed by atoms with Crippen molar-refractivity contribution in [3.8, 4) is 0 Å². The molecule has 1 amide bonds. The Bertz CT molecular complexity index is 487. The van der Waals surface area contributed by atoms with Crippen LogP contribution in [-0.4, -0.2) is 31.2 Å². The summed E-state index contributed by atoms with van der Waals surface area (Å²) in [5.41, 5.74) is 0.992. The Kier molecular flexibility index (Phi) is 3.43. The molecule has 0 bridgehead atoms. The highest BCUT2D eigenvalue weighted by Gasteiger charge is 2.45. The van der Waals surface area contributed by atoms with Crippen molar-refractivity contribution in [2.75, 3.05) is 22.9 Å². The van der Waals surface area contributed by atoms with E-state index < -0.39 is 12.1 Å². The Morgan fingerprint density at radius 3 is 2.42 bits per heavy atom. The van der Waals surface area contributed by atoms with E-state index in [1.165, 1.54) is 0 Å². The third-order valence-corrected chi connectivity index (χ3v) is 3.29. The molecule has 0 N–H and O–H groups in total. The average molecular weight is 272 g/mol. The molecule has 3 nitrogen and oxygen atoms in total. The molecule has 0 aliphatic carbocycles. The molecule has 1 unspecified atom stereocenters. The number of carbonyl (C=O) groups is 1. The van der Waals surface area contributed by atoms with Crippen LogP contribution in [0.3, 0.4) is 0 Å². The molecule has 1 atom stereocenters. The maximum Gasteiger partial charge on any atom is 0.471 e. The van der Waals surface area contributed by atoms with Gasteiger partial charge in [-0.3, -0.25) is 4.79 Å². The van der Waals surface area contributed by atoms with E-state index in [0.717, 1.165) is 4.90 Å². The summed E-state index contributed by atoms with van der Waals surface area (Å²) in [7, 11) is 0. The molecule has 1 aliphatic rings. The SMILES string of the molecule is CCN1c2ccccc2N(C(=O)C(F)(F)F)CC1C. The second-order valence-electron chi connectivity index (χ2n) is 4.54. The summed E-state index contributed by atoms with van der Waals surface area (Å²) in [5, 5.41) is 0. The van der Waals surface area contributed by atoms with E-state index in [2.05, 4.69) is 0 Å². The van der Waals surface area contributed by atoms with Gasteiger partial charge in [-0.25, -0.2) is 0 Å². The standard InChI is InChI=1S/C13H15F3N2O/c1-3-17-9(2)8-18(12(19)13(14,15)16)11-7-5-4-6-10(11)17/h4-7,9H,3,8H2,1-2H3. The molecule has 1 aliphatic heterocycles. The van der Waals surface area contributed by atoms with Crippen molar-refractivity contribution < 1.29 is 18.0 Å². The number of likely N-dealkylation sites (N-methyl/N-ethyl adjacent to an activating group) is 1. The fourth-order valence-electron chi connectivity index (χ4n) is 2.46. The highest BCUT2D eigenvalue weighted by molar-refractivity contribution is 6.01. The molecule has 1 aromatic carbocycles. The van der Waals surface area contributed by atoms with Gasteiger partial charge in [0.2, 0.25) is 0 Å². The normalized spacial score (nSPS) is 19.3. The first kappa shape index (κ1) is 13.7. The maximum absolute atomic E-state index is 12.6. The lowest BCUT2D eigenvalue weighted by Crippen LogP contribution is -2.52. The van der Waals surface area contributed by atoms with Gasteiger partial charge < -0.3 is 9.80 Å². The largest absolute Gasteiger partial charge is 0.471 e. The molecular formula is C13H15F3N2O. The second kappa shape index (κ2) is 4.75. The highest BCUT2D eigenvalue weighted by Crippen LogP contribution is 2.37. The molecule has 0 saturated carbocycles. The summed E-state index contributed by atoms with van der Waals surface area (Å²) in [4.78, 5) is 14.3. The molecule has 0 fully saturated rings. The van der Waals surface area contributed by atoms with Crippen LogP contribution in [0, 0.1) is 0 Å². The highest BCUT2D eigenvalue weighted by atomic mass is 19.4. The predicted octanol–water partition coefficient (Wildman–Crippen LogP) is 2.81. The smallest absolute Gasteiger partial charge is 0.366 e. The van der Waals surface area contributed by atoms with E-state index in [1.54, 1.807) is 24.3 Å². The summed E-state index contributed by atoms with van der Waals surface area (Å²) in [6.45, 7) is 4.49. The fourth-order valence-corrected chi connectivity index (χ4v) is 2.46. The van der Waals surface area contributed by atoms with Gasteiger partial charge in [-0.05, 0) is 26.0 Å². The number of hydrogen-bond donors (Lipinski definition) is 0. The van der Waals surface area contributed by atoms with Gasteiger partial charge in [0.25, 0.3) is 0 Å². The zero-order chi connectivity index (χ0) is 14.2. The van der Waals surface area contributed by atoms with Crippen LogP contribution in [0.25, 0.3) is 0 Å². The van der Waals surface area contributed by atoms with Crippen LogP contribution in [0.1, 0.15) is 13.8 Å². The molecule has 0 saturated heterocycles. The minimum absolute atomic E-state index is 0.0448. The lowest BCUT2D eigenvalue weighted by atomic mass is 10.1. The molecule has 6 heteroatoms. The maximum atomic E-state index is 12.6. The van der Waals surface area contributed by atoms with Crippen LogP contribution in [0.5, 0.6) is 0 Å². The van der Waals surface area contributed by atoms with E-state index in [-0.39, 0.29) is 12.6 Å². The molecule has 104 valence electrons. The molecule has 0 spiro atoms. The van der Waals surface area contributed by atoms with E-state index in [4.69, 9.17) is 0 Å². The first-order valence-electron chi connectivity index (χ1n) is 6.10. The van der Waals surface area contributed by atoms with Gasteiger partial charge in [-0.1, -0.05) is 12.1 Å². The van der Waals surface area contributed by atoms with Crippen LogP contribution in [0.15, 0.2) is 24.3 Å². The van der Waals surface area contributed by atoms with Gasteiger partial charge in [0, 0.05) is 19.1 Å². The Hall–Kier alpha value is -1.72. The molecular weight excluding hydrogens is 257 g/mol. The third kappa shape index (κ3) is 2.39. The summed E-state index contributed by atoms with van der Waals surface area (Å²) in [6, 6.07) is 6.54. The van der Waals surface area contributed by atoms with Crippen molar-refractivity contribution in [3.63, 3.8) is 0 Å². The minimum Gasteiger partial charge on any atom is -0.366 e. The number of alkyl halides is 3. The number of amides is 1. The van der Waals surface area contributed by atoms with Crippen molar-refractivity contribution >= 4 is 17.3 Å². The minimum atomic E-state index is -4.85. The van der Waals surface area contributed by atoms with Crippen molar-refractivity contribution in [2.24, 2.45) is 0 Å². The average Bonchev–Trinajstić information content (AvgIpc) is 2.36. The summed E-state index contributed by atoms with van der Waals surface area (Å²) in [6.07, 6.45) is -4.85. The van der Waals surface area contributed by atoms with Crippen LogP contribution >= 0.6 is 0 Å². The molecule has 1 aromatic rings. The number of anilines is 2. The van der Waals surface area contributed by atoms with Gasteiger partial charge in [0.05, 0.1) is 11.4 Å². The van der Waals surface area contributed by atoms with Crippen molar-refractivity contribution in [2.45, 2.75) is 26.1 Å². The lowest BCUT2D eigenvalue weighted by molar-refractivity contribution is -0.170. The quantitative estimate of drug-likeness (QED) is 0.785. The summed E-state index contributed by atoms with van der Waals surface area (Å²) < 4.78 is 37.9. The zero-order valence-electron chi connectivity index (χ0n) is 10.7. The van der Waals surface area contributed by atoms with E-state index in [9.17, 15) is 18.0 Å². The van der Waals surface area contributed by atoms with Crippen LogP contribution in [-0.2, 0) is 4.79 Å². The van der Waals surface area contributed by atoms with Crippen LogP contribution in [0.4, 0.5) is 24.5 Å². The number of nitrogens with zero attached hydrogens (tertiary/aromatic N) is 2. The number of halogens is 3. The Morgan fingerprint density at radius 1 is 1.32 bits per heavy atom. The lowest BCUT2D eigenvalue weighted by Gasteiger charge is -2.42. The van der Waals surface area contributed by atoms with Crippen molar-refractivity contribution in [1.29, 1.82) is 0 Å². The molecule has 0 radical (unpaired) electrons. The summed E-state index contributed by atoms with van der Waals surface area (Å²) in [5.74, 6) is -1.80. The van der Waals surface area contributed by atoms with Gasteiger partial charge in [0.1, 0.15) is 0 Å². The Morgan fingerprint density at radius 2 is 1.89 bits per heavy atom. The fraction of sp³-hybridized carbons (Fsp3) is 0.462. The number of carbonyl (C=O) groups excluding carboxylic acids is 1. The number of fused-ring (bicyclic) bond motifs is 1. The molecule has 0 aromatic heterocycles. The predicted molar refractivity (Wildman–Crippen MR) is 67.3 cm³/mol. The first-order chi connectivity index (χ1) is 8.86. The van der Waals surface area contributed by atoms with Crippen molar-refractivity contribution in [3.05, 3.63) is 24.3 Å². The van der Waals surface area contributed by atoms with Crippen LogP contribution < -0.4 is 9.80 Å². The van der Waals surface area contributed by atoms with Gasteiger partial charge in [-0.2, -0.15) is 13.2 Å². The Balaban J connectivity index is 2.46. The van der Waals surface area contributed by atoms with Crippen molar-refractivity contribution in [1.82, 2.24) is 0 Å². The van der Waals surface area contributed by atoms with Crippen LogP contribution in [0.2, 0.25) is 0 Å². The number of para-hydroxylation sites is 2. The topological polar surface area (TPSA) is 23.6 Å². The van der Waals surface area contributed by atoms with E-state index in [0.29, 0.717) is 17.9 Å². The van der Waals surface area contributed by atoms with E-state index >= 15 is 0 Å². The number of hydrogen-bond acceptors (Lipinski definition) is 2. The second-order valence-corrected chi connectivity index (χ2v) is 4.54. The number of rotatable bonds is 1. The first-order valence-corrected chi connectivity index (χ1v) is 6.10. The van der Waals surface area contributed by atoms with E-state index in [1.807, 2.05) is 18.7 Å². The van der Waals surface area contributed by atoms with Gasteiger partial charge in [-0.15, -0.1) is 0 Å². The molecule has 1 heterocycles. The van der Waals surface area contributed by atoms with Gasteiger partial charge >= 0.3 is 12.1 Å². The van der Waals surface area contributed by atoms with Gasteiger partial charge in [0.15, 0.2) is 0 Å². The summed E-state index contributed by atoms with van der Waals surface area (Å²) >= 11 is 0. The monoisotopic (exact) mass is 272 g/mol.